The lowest BCUT2D eigenvalue weighted by Crippen LogP contribution is -2.03. The van der Waals surface area contributed by atoms with E-state index in [1.165, 1.54) is 0 Å². The molecule has 0 amide bonds. The largest absolute Gasteiger partial charge is 0.506 e. The van der Waals surface area contributed by atoms with Crippen LogP contribution in [0.4, 0.5) is 5.69 Å². The van der Waals surface area contributed by atoms with Crippen LogP contribution >= 0.6 is 0 Å². The summed E-state index contributed by atoms with van der Waals surface area (Å²) in [6.45, 7) is 3.73. The highest BCUT2D eigenvalue weighted by Crippen LogP contribution is 2.20. The number of aromatic hydroxyl groups is 1. The van der Waals surface area contributed by atoms with Gasteiger partial charge in [0.25, 0.3) is 0 Å². The van der Waals surface area contributed by atoms with Gasteiger partial charge in [0.2, 0.25) is 0 Å². The Labute approximate surface area is 126 Å². The summed E-state index contributed by atoms with van der Waals surface area (Å²) in [5.74, 6) is 0.0256. The van der Waals surface area contributed by atoms with Crippen LogP contribution in [0.25, 0.3) is 0 Å². The minimum atomic E-state index is 0.0256. The van der Waals surface area contributed by atoms with Crippen molar-refractivity contribution in [3.8, 4) is 11.8 Å². The predicted octanol–water partition coefficient (Wildman–Crippen LogP) is 3.53. The number of hydrogen-bond acceptors (Lipinski definition) is 4. The van der Waals surface area contributed by atoms with Gasteiger partial charge in [-0.1, -0.05) is 18.2 Å². The molecule has 0 aliphatic rings. The molecule has 0 unspecified atom stereocenters. The molecule has 3 N–H and O–H groups in total. The van der Waals surface area contributed by atoms with E-state index in [0.717, 1.165) is 38.0 Å². The first-order valence-corrected chi connectivity index (χ1v) is 7.24. The number of phenols is 1. The minimum absolute atomic E-state index is 0.0256. The number of nitrogens with one attached hydrogen (secondary N) is 2. The van der Waals surface area contributed by atoms with Crippen LogP contribution in [0.1, 0.15) is 31.7 Å². The van der Waals surface area contributed by atoms with Crippen molar-refractivity contribution in [1.29, 1.82) is 5.26 Å². The molecule has 0 atom stereocenters. The highest BCUT2D eigenvalue weighted by atomic mass is 16.3. The smallest absolute Gasteiger partial charge is 0.135 e. The maximum Gasteiger partial charge on any atom is 0.135 e. The standard InChI is InChI=1S/C17H23N3O/c1-2-3-10-19-11-6-4-5-7-12-20-16-9-8-15(14-18)17(21)13-16/h2-3,6,8-9,11,13,19-21H,4-5,7,10,12H2,1H3/b3-2-,11-6+. The number of benzene rings is 1. The molecule has 4 heteroatoms. The van der Waals surface area contributed by atoms with E-state index in [9.17, 15) is 5.11 Å². The van der Waals surface area contributed by atoms with Crippen molar-refractivity contribution in [1.82, 2.24) is 5.32 Å². The van der Waals surface area contributed by atoms with Crippen LogP contribution in [0.15, 0.2) is 42.6 Å². The fourth-order valence-corrected chi connectivity index (χ4v) is 1.78. The van der Waals surface area contributed by atoms with Crippen molar-refractivity contribution in [2.24, 2.45) is 0 Å². The highest BCUT2D eigenvalue weighted by Gasteiger charge is 2.00. The molecular weight excluding hydrogens is 262 g/mol. The zero-order chi connectivity index (χ0) is 15.3. The zero-order valence-corrected chi connectivity index (χ0v) is 12.5. The summed E-state index contributed by atoms with van der Waals surface area (Å²) in [6.07, 6.45) is 11.4. The van der Waals surface area contributed by atoms with Gasteiger partial charge >= 0.3 is 0 Å². The molecule has 0 radical (unpaired) electrons. The van der Waals surface area contributed by atoms with E-state index in [-0.39, 0.29) is 5.75 Å². The molecule has 1 aromatic carbocycles. The first-order chi connectivity index (χ1) is 10.3. The highest BCUT2D eigenvalue weighted by molar-refractivity contribution is 5.54. The van der Waals surface area contributed by atoms with Crippen LogP contribution in [0.5, 0.6) is 5.75 Å². The van der Waals surface area contributed by atoms with Crippen molar-refractivity contribution in [3.63, 3.8) is 0 Å². The molecule has 0 aromatic heterocycles. The Bertz CT molecular complexity index is 515. The Kier molecular flexibility index (Phi) is 8.23. The van der Waals surface area contributed by atoms with Gasteiger partial charge in [-0.15, -0.1) is 0 Å². The topological polar surface area (TPSA) is 68.1 Å². The Morgan fingerprint density at radius 3 is 2.86 bits per heavy atom. The molecule has 0 bridgehead atoms. The third-order valence-electron chi connectivity index (χ3n) is 2.95. The number of anilines is 1. The predicted molar refractivity (Wildman–Crippen MR) is 87.1 cm³/mol. The lowest BCUT2D eigenvalue weighted by molar-refractivity contribution is 0.474. The van der Waals surface area contributed by atoms with Crippen molar-refractivity contribution >= 4 is 5.69 Å². The van der Waals surface area contributed by atoms with Crippen molar-refractivity contribution in [3.05, 3.63) is 48.2 Å². The number of allylic oxidation sites excluding steroid dienone is 2. The molecular formula is C17H23N3O. The quantitative estimate of drug-likeness (QED) is 0.479. The van der Waals surface area contributed by atoms with Gasteiger partial charge in [0.05, 0.1) is 5.56 Å². The van der Waals surface area contributed by atoms with Gasteiger partial charge in [-0.25, -0.2) is 0 Å². The molecule has 0 aliphatic carbocycles. The van der Waals surface area contributed by atoms with Crippen LogP contribution in [0, 0.1) is 11.3 Å². The van der Waals surface area contributed by atoms with Crippen molar-refractivity contribution in [2.75, 3.05) is 18.4 Å². The molecule has 0 spiro atoms. The Morgan fingerprint density at radius 1 is 1.29 bits per heavy atom. The van der Waals surface area contributed by atoms with Gasteiger partial charge in [-0.3, -0.25) is 0 Å². The van der Waals surface area contributed by atoms with Crippen molar-refractivity contribution in [2.45, 2.75) is 26.2 Å². The third-order valence-corrected chi connectivity index (χ3v) is 2.95. The fraction of sp³-hybridized carbons (Fsp3) is 0.353. The normalized spacial score (nSPS) is 10.9. The lowest BCUT2D eigenvalue weighted by atomic mass is 10.2. The maximum absolute atomic E-state index is 9.57. The number of hydrogen-bond donors (Lipinski definition) is 3. The molecule has 1 rings (SSSR count). The van der Waals surface area contributed by atoms with Crippen LogP contribution in [0.3, 0.4) is 0 Å². The Balaban J connectivity index is 2.12. The zero-order valence-electron chi connectivity index (χ0n) is 12.5. The molecule has 0 saturated heterocycles. The SMILES string of the molecule is C/C=C\CN/C=C/CCCCNc1ccc(C#N)c(O)c1. The second kappa shape index (κ2) is 10.4. The maximum atomic E-state index is 9.57. The van der Waals surface area contributed by atoms with Crippen LogP contribution in [-0.4, -0.2) is 18.2 Å². The van der Waals surface area contributed by atoms with Crippen LogP contribution < -0.4 is 10.6 Å². The van der Waals surface area contributed by atoms with Crippen LogP contribution in [0.2, 0.25) is 0 Å². The number of unbranched alkanes of at least 4 members (excludes halogenated alkanes) is 2. The molecule has 0 heterocycles. The summed E-state index contributed by atoms with van der Waals surface area (Å²) < 4.78 is 0. The summed E-state index contributed by atoms with van der Waals surface area (Å²) in [7, 11) is 0. The molecule has 0 aliphatic heterocycles. The summed E-state index contributed by atoms with van der Waals surface area (Å²) in [4.78, 5) is 0. The van der Waals surface area contributed by atoms with Gasteiger partial charge in [0, 0.05) is 24.8 Å². The number of nitriles is 1. The average molecular weight is 285 g/mol. The van der Waals surface area contributed by atoms with E-state index in [0.29, 0.717) is 5.56 Å². The Hall–Kier alpha value is -2.41. The molecule has 0 saturated carbocycles. The van der Waals surface area contributed by atoms with E-state index in [1.807, 2.05) is 31.3 Å². The van der Waals surface area contributed by atoms with E-state index in [1.54, 1.807) is 12.1 Å². The number of rotatable bonds is 9. The van der Waals surface area contributed by atoms with Gasteiger partial charge in [0.1, 0.15) is 11.8 Å². The molecule has 112 valence electrons. The fourth-order valence-electron chi connectivity index (χ4n) is 1.78. The van der Waals surface area contributed by atoms with E-state index < -0.39 is 0 Å². The lowest BCUT2D eigenvalue weighted by Gasteiger charge is -2.06. The third kappa shape index (κ3) is 7.07. The summed E-state index contributed by atoms with van der Waals surface area (Å²) in [5.41, 5.74) is 1.14. The van der Waals surface area contributed by atoms with Gasteiger partial charge in [0.15, 0.2) is 0 Å². The van der Waals surface area contributed by atoms with Gasteiger partial charge in [-0.05, 0) is 44.5 Å². The molecule has 0 fully saturated rings. The Morgan fingerprint density at radius 2 is 2.14 bits per heavy atom. The first kappa shape index (κ1) is 16.6. The van der Waals surface area contributed by atoms with E-state index in [4.69, 9.17) is 5.26 Å². The van der Waals surface area contributed by atoms with Crippen LogP contribution in [-0.2, 0) is 0 Å². The monoisotopic (exact) mass is 285 g/mol. The summed E-state index contributed by atoms with van der Waals surface area (Å²) >= 11 is 0. The number of phenolic OH excluding ortho intramolecular Hbond substituents is 1. The van der Waals surface area contributed by atoms with E-state index >= 15 is 0 Å². The molecule has 21 heavy (non-hydrogen) atoms. The average Bonchev–Trinajstić information content (AvgIpc) is 2.49. The second-order valence-corrected chi connectivity index (χ2v) is 4.65. The minimum Gasteiger partial charge on any atom is -0.506 e. The summed E-state index contributed by atoms with van der Waals surface area (Å²) in [6, 6.07) is 6.95. The molecule has 1 aromatic rings. The van der Waals surface area contributed by atoms with E-state index in [2.05, 4.69) is 22.8 Å². The number of nitrogens with zero attached hydrogens (tertiary/aromatic N) is 1. The first-order valence-electron chi connectivity index (χ1n) is 7.24. The molecule has 4 nitrogen and oxygen atoms in total. The second-order valence-electron chi connectivity index (χ2n) is 4.65. The van der Waals surface area contributed by atoms with Gasteiger partial charge in [-0.2, -0.15) is 5.26 Å². The van der Waals surface area contributed by atoms with Gasteiger partial charge < -0.3 is 15.7 Å². The summed E-state index contributed by atoms with van der Waals surface area (Å²) in [5, 5.41) is 24.7. The van der Waals surface area contributed by atoms with Crippen molar-refractivity contribution < 1.29 is 5.11 Å².